The lowest BCUT2D eigenvalue weighted by atomic mass is 10.0. The van der Waals surface area contributed by atoms with Crippen molar-refractivity contribution in [3.63, 3.8) is 0 Å². The first-order chi connectivity index (χ1) is 13.4. The number of aryl methyl sites for hydroxylation is 2. The number of hydrogen-bond acceptors (Lipinski definition) is 5. The van der Waals surface area contributed by atoms with E-state index in [0.29, 0.717) is 24.3 Å². The van der Waals surface area contributed by atoms with Crippen LogP contribution in [0.2, 0.25) is 0 Å². The normalized spacial score (nSPS) is 10.8. The van der Waals surface area contributed by atoms with Crippen molar-refractivity contribution in [2.24, 2.45) is 7.05 Å². The molecule has 0 aliphatic carbocycles. The molecule has 28 heavy (non-hydrogen) atoms. The molecule has 0 radical (unpaired) electrons. The van der Waals surface area contributed by atoms with E-state index in [-0.39, 0.29) is 29.3 Å². The number of aromatic carboxylic acids is 1. The molecule has 2 aromatic heterocycles. The molecule has 0 aliphatic heterocycles. The van der Waals surface area contributed by atoms with Gasteiger partial charge in [0.2, 0.25) is 5.91 Å². The fraction of sp³-hybridized carbons (Fsp3) is 0.250. The molecule has 146 valence electrons. The molecule has 0 saturated carbocycles. The Bertz CT molecular complexity index is 1000. The fourth-order valence-electron chi connectivity index (χ4n) is 3.04. The number of carboxylic acid groups (broad SMARTS) is 1. The minimum Gasteiger partial charge on any atom is -0.508 e. The molecule has 8 nitrogen and oxygen atoms in total. The van der Waals surface area contributed by atoms with Gasteiger partial charge in [-0.2, -0.15) is 0 Å². The zero-order valence-electron chi connectivity index (χ0n) is 15.6. The average Bonchev–Trinajstić information content (AvgIpc) is 3.23. The molecule has 3 aromatic rings. The Balaban J connectivity index is 1.70. The molecular weight excluding hydrogens is 362 g/mol. The van der Waals surface area contributed by atoms with Crippen LogP contribution in [0.4, 0.5) is 5.69 Å². The number of aromatic hydroxyl groups is 1. The molecule has 1 amide bonds. The van der Waals surface area contributed by atoms with Gasteiger partial charge in [-0.15, -0.1) is 0 Å². The second-order valence-electron chi connectivity index (χ2n) is 6.44. The monoisotopic (exact) mass is 383 g/mol. The largest absolute Gasteiger partial charge is 0.508 e. The lowest BCUT2D eigenvalue weighted by Crippen LogP contribution is -2.14. The summed E-state index contributed by atoms with van der Waals surface area (Å²) in [7, 11) is 1.69. The number of aromatic nitrogens is 2. The molecule has 0 fully saturated rings. The molecule has 0 aliphatic rings. The SMILES string of the molecule is CCc1c(CCC(=O)Nc2cn(C)cc2C(=O)O)noc1-c1ccc(O)cc1. The number of carbonyl (C=O) groups excluding carboxylic acids is 1. The molecule has 0 atom stereocenters. The van der Waals surface area contributed by atoms with Crippen LogP contribution in [-0.4, -0.2) is 31.8 Å². The summed E-state index contributed by atoms with van der Waals surface area (Å²) in [5.74, 6) is -0.613. The van der Waals surface area contributed by atoms with Gasteiger partial charge < -0.3 is 24.6 Å². The van der Waals surface area contributed by atoms with Gasteiger partial charge in [0.1, 0.15) is 11.3 Å². The Kier molecular flexibility index (Phi) is 5.49. The molecule has 0 bridgehead atoms. The van der Waals surface area contributed by atoms with Crippen LogP contribution < -0.4 is 5.32 Å². The van der Waals surface area contributed by atoms with Crippen molar-refractivity contribution in [2.45, 2.75) is 26.2 Å². The maximum absolute atomic E-state index is 12.3. The van der Waals surface area contributed by atoms with E-state index < -0.39 is 5.97 Å². The molecule has 3 N–H and O–H groups in total. The molecule has 8 heteroatoms. The summed E-state index contributed by atoms with van der Waals surface area (Å²) in [5.41, 5.74) is 2.70. The van der Waals surface area contributed by atoms with Crippen LogP contribution in [0.15, 0.2) is 41.2 Å². The highest BCUT2D eigenvalue weighted by atomic mass is 16.5. The van der Waals surface area contributed by atoms with Gasteiger partial charge in [0.25, 0.3) is 0 Å². The topological polar surface area (TPSA) is 118 Å². The number of carbonyl (C=O) groups is 2. The number of nitrogens with zero attached hydrogens (tertiary/aromatic N) is 2. The highest BCUT2D eigenvalue weighted by Crippen LogP contribution is 2.29. The van der Waals surface area contributed by atoms with Crippen LogP contribution in [0.1, 0.15) is 35.0 Å². The molecule has 0 spiro atoms. The maximum Gasteiger partial charge on any atom is 0.339 e. The first-order valence-electron chi connectivity index (χ1n) is 8.85. The Morgan fingerprint density at radius 2 is 1.93 bits per heavy atom. The van der Waals surface area contributed by atoms with Crippen molar-refractivity contribution >= 4 is 17.6 Å². The Morgan fingerprint density at radius 3 is 2.57 bits per heavy atom. The second kappa shape index (κ2) is 7.99. The van der Waals surface area contributed by atoms with Crippen LogP contribution in [0, 0.1) is 0 Å². The van der Waals surface area contributed by atoms with Gasteiger partial charge in [-0.25, -0.2) is 4.79 Å². The van der Waals surface area contributed by atoms with Gasteiger partial charge in [0.05, 0.1) is 11.4 Å². The summed E-state index contributed by atoms with van der Waals surface area (Å²) < 4.78 is 7.05. The van der Waals surface area contributed by atoms with Crippen molar-refractivity contribution in [1.82, 2.24) is 9.72 Å². The van der Waals surface area contributed by atoms with Crippen molar-refractivity contribution in [1.29, 1.82) is 0 Å². The van der Waals surface area contributed by atoms with E-state index in [1.165, 1.54) is 6.20 Å². The number of anilines is 1. The van der Waals surface area contributed by atoms with Crippen molar-refractivity contribution < 1.29 is 24.3 Å². The minimum atomic E-state index is -1.10. The Hall–Kier alpha value is -3.55. The molecule has 3 rings (SSSR count). The van der Waals surface area contributed by atoms with Crippen molar-refractivity contribution in [2.75, 3.05) is 5.32 Å². The van der Waals surface area contributed by atoms with E-state index in [9.17, 15) is 19.8 Å². The van der Waals surface area contributed by atoms with E-state index in [0.717, 1.165) is 11.1 Å². The number of benzene rings is 1. The van der Waals surface area contributed by atoms with E-state index >= 15 is 0 Å². The lowest BCUT2D eigenvalue weighted by molar-refractivity contribution is -0.116. The zero-order chi connectivity index (χ0) is 20.3. The third-order valence-corrected chi connectivity index (χ3v) is 4.40. The molecule has 0 unspecified atom stereocenters. The van der Waals surface area contributed by atoms with Crippen LogP contribution in [0.25, 0.3) is 11.3 Å². The van der Waals surface area contributed by atoms with Crippen molar-refractivity contribution in [3.8, 4) is 17.1 Å². The number of carboxylic acids is 1. The van der Waals surface area contributed by atoms with E-state index in [1.807, 2.05) is 6.92 Å². The second-order valence-corrected chi connectivity index (χ2v) is 6.44. The van der Waals surface area contributed by atoms with Gasteiger partial charge >= 0.3 is 5.97 Å². The molecule has 2 heterocycles. The quantitative estimate of drug-likeness (QED) is 0.577. The van der Waals surface area contributed by atoms with E-state index in [2.05, 4.69) is 10.5 Å². The Labute approximate surface area is 161 Å². The summed E-state index contributed by atoms with van der Waals surface area (Å²) >= 11 is 0. The molecule has 0 saturated heterocycles. The number of rotatable bonds is 7. The fourth-order valence-corrected chi connectivity index (χ4v) is 3.04. The standard InChI is InChI=1S/C20H21N3O5/c1-3-14-16(22-28-19(14)12-4-6-13(24)7-5-12)8-9-18(25)21-17-11-23(2)10-15(17)20(26)27/h4-7,10-11,24H,3,8-9H2,1-2H3,(H,21,25)(H,26,27). The first kappa shape index (κ1) is 19.2. The van der Waals surface area contributed by atoms with Gasteiger partial charge in [0.15, 0.2) is 5.76 Å². The van der Waals surface area contributed by atoms with Crippen LogP contribution in [0.5, 0.6) is 5.75 Å². The van der Waals surface area contributed by atoms with Gasteiger partial charge in [-0.05, 0) is 30.7 Å². The van der Waals surface area contributed by atoms with Crippen molar-refractivity contribution in [3.05, 3.63) is 53.5 Å². The smallest absolute Gasteiger partial charge is 0.339 e. The predicted octanol–water partition coefficient (Wildman–Crippen LogP) is 3.22. The number of amides is 1. The molecular formula is C20H21N3O5. The first-order valence-corrected chi connectivity index (χ1v) is 8.85. The van der Waals surface area contributed by atoms with Gasteiger partial charge in [0, 0.05) is 43.4 Å². The number of nitrogens with one attached hydrogen (secondary N) is 1. The Morgan fingerprint density at radius 1 is 1.21 bits per heavy atom. The zero-order valence-corrected chi connectivity index (χ0v) is 15.6. The predicted molar refractivity (Wildman–Crippen MR) is 102 cm³/mol. The number of phenolic OH excluding ortho intramolecular Hbond substituents is 1. The summed E-state index contributed by atoms with van der Waals surface area (Å²) in [6.07, 6.45) is 4.18. The average molecular weight is 383 g/mol. The summed E-state index contributed by atoms with van der Waals surface area (Å²) in [6, 6.07) is 6.64. The van der Waals surface area contributed by atoms with E-state index in [1.54, 1.807) is 42.1 Å². The van der Waals surface area contributed by atoms with Gasteiger partial charge in [-0.1, -0.05) is 12.1 Å². The van der Waals surface area contributed by atoms with Crippen LogP contribution in [0.3, 0.4) is 0 Å². The molecule has 1 aromatic carbocycles. The third kappa shape index (κ3) is 4.06. The summed E-state index contributed by atoms with van der Waals surface area (Å²) in [6.45, 7) is 1.98. The number of phenols is 1. The maximum atomic E-state index is 12.3. The highest BCUT2D eigenvalue weighted by Gasteiger charge is 2.18. The lowest BCUT2D eigenvalue weighted by Gasteiger charge is -2.05. The number of hydrogen-bond donors (Lipinski definition) is 3. The van der Waals surface area contributed by atoms with Gasteiger partial charge in [-0.3, -0.25) is 4.79 Å². The van der Waals surface area contributed by atoms with Crippen LogP contribution >= 0.6 is 0 Å². The van der Waals surface area contributed by atoms with E-state index in [4.69, 9.17) is 4.52 Å². The summed E-state index contributed by atoms with van der Waals surface area (Å²) in [4.78, 5) is 23.5. The summed E-state index contributed by atoms with van der Waals surface area (Å²) in [5, 5.41) is 25.4. The highest BCUT2D eigenvalue weighted by molar-refractivity contribution is 6.00. The third-order valence-electron chi connectivity index (χ3n) is 4.40. The minimum absolute atomic E-state index is 0.0427. The van der Waals surface area contributed by atoms with Crippen LogP contribution in [-0.2, 0) is 24.7 Å².